The zero-order valence-electron chi connectivity index (χ0n) is 14.2. The van der Waals surface area contributed by atoms with E-state index in [-0.39, 0.29) is 18.9 Å². The maximum atomic E-state index is 12.1. The Morgan fingerprint density at radius 2 is 1.74 bits per heavy atom. The number of hydrazine groups is 1. The number of H-pyrrole nitrogens is 1. The van der Waals surface area contributed by atoms with E-state index in [4.69, 9.17) is 0 Å². The van der Waals surface area contributed by atoms with Crippen molar-refractivity contribution in [3.05, 3.63) is 70.5 Å². The predicted octanol–water partition coefficient (Wildman–Crippen LogP) is 2.05. The molecule has 3 amide bonds. The van der Waals surface area contributed by atoms with Crippen LogP contribution in [0.2, 0.25) is 0 Å². The van der Waals surface area contributed by atoms with Crippen LogP contribution in [0.1, 0.15) is 16.1 Å². The Labute approximate surface area is 163 Å². The van der Waals surface area contributed by atoms with E-state index in [0.717, 1.165) is 20.8 Å². The van der Waals surface area contributed by atoms with Crippen molar-refractivity contribution in [2.45, 2.75) is 6.42 Å². The third-order valence-electron chi connectivity index (χ3n) is 3.88. The lowest BCUT2D eigenvalue weighted by Gasteiger charge is -2.09. The molecule has 0 bridgehead atoms. The first-order valence-corrected chi connectivity index (χ1v) is 8.98. The Bertz CT molecular complexity index is 994. The van der Waals surface area contributed by atoms with Crippen LogP contribution in [0.25, 0.3) is 10.8 Å². The third kappa shape index (κ3) is 4.95. The monoisotopic (exact) mass is 428 g/mol. The highest BCUT2D eigenvalue weighted by atomic mass is 79.9. The van der Waals surface area contributed by atoms with E-state index < -0.39 is 11.8 Å². The van der Waals surface area contributed by atoms with Crippen molar-refractivity contribution >= 4 is 44.4 Å². The maximum Gasteiger partial charge on any atom is 0.286 e. The van der Waals surface area contributed by atoms with Gasteiger partial charge in [0.15, 0.2) is 0 Å². The fourth-order valence-electron chi connectivity index (χ4n) is 2.60. The van der Waals surface area contributed by atoms with Gasteiger partial charge in [-0.25, -0.2) is 0 Å². The molecule has 27 heavy (non-hydrogen) atoms. The Morgan fingerprint density at radius 1 is 0.963 bits per heavy atom. The van der Waals surface area contributed by atoms with E-state index in [1.165, 1.54) is 0 Å². The van der Waals surface area contributed by atoms with Crippen LogP contribution >= 0.6 is 15.9 Å². The Morgan fingerprint density at radius 3 is 2.52 bits per heavy atom. The molecule has 0 spiro atoms. The number of halogens is 1. The largest absolute Gasteiger partial charge is 0.356 e. The van der Waals surface area contributed by atoms with Gasteiger partial charge in [-0.2, -0.15) is 0 Å². The molecule has 8 heteroatoms. The molecule has 138 valence electrons. The molecule has 2 aromatic carbocycles. The summed E-state index contributed by atoms with van der Waals surface area (Å²) < 4.78 is 0.722. The summed E-state index contributed by atoms with van der Waals surface area (Å²) in [4.78, 5) is 38.5. The molecule has 0 saturated heterocycles. The Kier molecular flexibility index (Phi) is 5.87. The Hall–Kier alpha value is -3.13. The van der Waals surface area contributed by atoms with Gasteiger partial charge in [0.25, 0.3) is 11.8 Å². The second-order valence-electron chi connectivity index (χ2n) is 5.83. The molecule has 0 saturated carbocycles. The summed E-state index contributed by atoms with van der Waals surface area (Å²) in [7, 11) is 0. The standard InChI is InChI=1S/C19H17BrN4O3/c20-14-9-16(21-10-14)19(27)24-23-18(26)11-22-17(25)8-13-6-3-5-12-4-1-2-7-15(12)13/h1-7,9-10,21H,8,11H2,(H,22,25)(H,23,26)(H,24,27). The van der Waals surface area contributed by atoms with Crippen LogP contribution in [0, 0.1) is 0 Å². The number of nitrogens with one attached hydrogen (secondary N) is 4. The highest BCUT2D eigenvalue weighted by Gasteiger charge is 2.11. The van der Waals surface area contributed by atoms with Gasteiger partial charge < -0.3 is 10.3 Å². The van der Waals surface area contributed by atoms with Gasteiger partial charge in [-0.15, -0.1) is 0 Å². The number of amides is 3. The topological polar surface area (TPSA) is 103 Å². The van der Waals surface area contributed by atoms with Crippen LogP contribution in [-0.4, -0.2) is 29.3 Å². The van der Waals surface area contributed by atoms with E-state index in [9.17, 15) is 14.4 Å². The summed E-state index contributed by atoms with van der Waals surface area (Å²) in [5.41, 5.74) is 5.70. The van der Waals surface area contributed by atoms with Gasteiger partial charge in [-0.1, -0.05) is 42.5 Å². The number of aromatic amines is 1. The van der Waals surface area contributed by atoms with Crippen molar-refractivity contribution in [2.24, 2.45) is 0 Å². The molecule has 0 aliphatic carbocycles. The van der Waals surface area contributed by atoms with Crippen LogP contribution in [-0.2, 0) is 16.0 Å². The molecule has 0 aliphatic heterocycles. The first-order chi connectivity index (χ1) is 13.0. The van der Waals surface area contributed by atoms with Gasteiger partial charge >= 0.3 is 0 Å². The van der Waals surface area contributed by atoms with Crippen molar-refractivity contribution in [2.75, 3.05) is 6.54 Å². The van der Waals surface area contributed by atoms with E-state index in [1.807, 2.05) is 42.5 Å². The number of benzene rings is 2. The van der Waals surface area contributed by atoms with E-state index in [0.29, 0.717) is 5.69 Å². The highest BCUT2D eigenvalue weighted by Crippen LogP contribution is 2.18. The number of rotatable bonds is 5. The van der Waals surface area contributed by atoms with Gasteiger partial charge in [0, 0.05) is 10.7 Å². The molecule has 0 atom stereocenters. The van der Waals surface area contributed by atoms with Gasteiger partial charge in [-0.3, -0.25) is 25.2 Å². The Balaban J connectivity index is 1.47. The summed E-state index contributed by atoms with van der Waals surface area (Å²) >= 11 is 3.22. The minimum atomic E-state index is -0.528. The minimum Gasteiger partial charge on any atom is -0.356 e. The zero-order chi connectivity index (χ0) is 19.2. The molecule has 3 rings (SSSR count). The van der Waals surface area contributed by atoms with Crippen LogP contribution in [0.5, 0.6) is 0 Å². The van der Waals surface area contributed by atoms with Crippen LogP contribution in [0.15, 0.2) is 59.2 Å². The van der Waals surface area contributed by atoms with Crippen molar-refractivity contribution in [1.82, 2.24) is 21.2 Å². The molecule has 1 heterocycles. The molecular weight excluding hydrogens is 412 g/mol. The molecule has 1 aromatic heterocycles. The molecule has 4 N–H and O–H groups in total. The summed E-state index contributed by atoms with van der Waals surface area (Å²) in [5, 5.41) is 4.60. The van der Waals surface area contributed by atoms with Gasteiger partial charge in [0.1, 0.15) is 5.69 Å². The number of carbonyl (C=O) groups is 3. The second kappa shape index (κ2) is 8.50. The number of aromatic nitrogens is 1. The maximum absolute atomic E-state index is 12.1. The molecule has 0 aliphatic rings. The highest BCUT2D eigenvalue weighted by molar-refractivity contribution is 9.10. The number of carbonyl (C=O) groups excluding carboxylic acids is 3. The van der Waals surface area contributed by atoms with Gasteiger partial charge in [0.05, 0.1) is 13.0 Å². The summed E-state index contributed by atoms with van der Waals surface area (Å²) in [6, 6.07) is 15.1. The normalized spacial score (nSPS) is 10.4. The van der Waals surface area contributed by atoms with Crippen LogP contribution < -0.4 is 16.2 Å². The molecule has 0 unspecified atom stereocenters. The SMILES string of the molecule is O=C(Cc1cccc2ccccc12)NCC(=O)NNC(=O)c1cc(Br)c[nH]1. The first kappa shape index (κ1) is 18.7. The van der Waals surface area contributed by atoms with Crippen LogP contribution in [0.3, 0.4) is 0 Å². The lowest BCUT2D eigenvalue weighted by Crippen LogP contribution is -2.46. The van der Waals surface area contributed by atoms with Crippen molar-refractivity contribution in [1.29, 1.82) is 0 Å². The molecule has 7 nitrogen and oxygen atoms in total. The van der Waals surface area contributed by atoms with Gasteiger partial charge in [-0.05, 0) is 38.3 Å². The van der Waals surface area contributed by atoms with E-state index in [2.05, 4.69) is 37.1 Å². The average molecular weight is 429 g/mol. The quantitative estimate of drug-likeness (QED) is 0.467. The predicted molar refractivity (Wildman–Crippen MR) is 105 cm³/mol. The molecule has 0 fully saturated rings. The van der Waals surface area contributed by atoms with Crippen molar-refractivity contribution in [3.63, 3.8) is 0 Å². The molecule has 3 aromatic rings. The van der Waals surface area contributed by atoms with E-state index in [1.54, 1.807) is 12.3 Å². The molecular formula is C19H17BrN4O3. The van der Waals surface area contributed by atoms with Crippen molar-refractivity contribution < 1.29 is 14.4 Å². The smallest absolute Gasteiger partial charge is 0.286 e. The number of hydrogen-bond donors (Lipinski definition) is 4. The van der Waals surface area contributed by atoms with Crippen molar-refractivity contribution in [3.8, 4) is 0 Å². The zero-order valence-corrected chi connectivity index (χ0v) is 15.8. The summed E-state index contributed by atoms with van der Waals surface area (Å²) in [6.07, 6.45) is 1.77. The summed E-state index contributed by atoms with van der Waals surface area (Å²) in [6.45, 7) is -0.238. The lowest BCUT2D eigenvalue weighted by molar-refractivity contribution is -0.126. The fourth-order valence-corrected chi connectivity index (χ4v) is 2.94. The average Bonchev–Trinajstić information content (AvgIpc) is 3.11. The van der Waals surface area contributed by atoms with Crippen LogP contribution in [0.4, 0.5) is 0 Å². The first-order valence-electron chi connectivity index (χ1n) is 8.19. The van der Waals surface area contributed by atoms with E-state index >= 15 is 0 Å². The van der Waals surface area contributed by atoms with Gasteiger partial charge in [0.2, 0.25) is 5.91 Å². The second-order valence-corrected chi connectivity index (χ2v) is 6.74. The fraction of sp³-hybridized carbons (Fsp3) is 0.105. The third-order valence-corrected chi connectivity index (χ3v) is 4.34. The number of fused-ring (bicyclic) bond motifs is 1. The summed E-state index contributed by atoms with van der Waals surface area (Å²) in [5.74, 6) is -1.29. The lowest BCUT2D eigenvalue weighted by atomic mass is 10.0. The molecule has 0 radical (unpaired) electrons. The number of hydrogen-bond acceptors (Lipinski definition) is 3. The minimum absolute atomic E-state index is 0.164.